The summed E-state index contributed by atoms with van der Waals surface area (Å²) in [4.78, 5) is 25.4. The minimum Gasteiger partial charge on any atom is -0.342 e. The van der Waals surface area contributed by atoms with Crippen molar-refractivity contribution in [2.45, 2.75) is 13.1 Å². The maximum atomic E-state index is 13.7. The molecule has 0 unspecified atom stereocenters. The van der Waals surface area contributed by atoms with Crippen molar-refractivity contribution in [3.63, 3.8) is 0 Å². The minimum atomic E-state index is -4.76. The van der Waals surface area contributed by atoms with Gasteiger partial charge in [-0.15, -0.1) is 0 Å². The summed E-state index contributed by atoms with van der Waals surface area (Å²) in [5.74, 6) is -2.11. The Labute approximate surface area is 118 Å². The van der Waals surface area contributed by atoms with E-state index in [0.717, 1.165) is 13.1 Å². The highest BCUT2D eigenvalue weighted by Gasteiger charge is 2.34. The van der Waals surface area contributed by atoms with Crippen LogP contribution in [0.5, 0.6) is 0 Å². The van der Waals surface area contributed by atoms with Crippen molar-refractivity contribution in [3.05, 3.63) is 54.9 Å². The fourth-order valence-electron chi connectivity index (χ4n) is 1.61. The van der Waals surface area contributed by atoms with E-state index in [1.165, 1.54) is 0 Å². The van der Waals surface area contributed by atoms with Crippen LogP contribution in [0, 0.1) is 12.7 Å². The van der Waals surface area contributed by atoms with Crippen LogP contribution in [0.3, 0.4) is 0 Å². The molecule has 2 heterocycles. The van der Waals surface area contributed by atoms with Gasteiger partial charge in [0, 0.05) is 11.8 Å². The summed E-state index contributed by atoms with van der Waals surface area (Å²) in [5, 5.41) is 2.77. The molecule has 0 radical (unpaired) electrons. The fourth-order valence-corrected chi connectivity index (χ4v) is 1.75. The van der Waals surface area contributed by atoms with Crippen molar-refractivity contribution in [1.82, 2.24) is 14.8 Å². The van der Waals surface area contributed by atoms with Gasteiger partial charge >= 0.3 is 6.18 Å². The summed E-state index contributed by atoms with van der Waals surface area (Å²) < 4.78 is 51.9. The summed E-state index contributed by atoms with van der Waals surface area (Å²) in [6.45, 7) is 0.926. The predicted octanol–water partition coefficient (Wildman–Crippen LogP) is 2.04. The average molecular weight is 324 g/mol. The molecule has 0 spiro atoms. The largest absolute Gasteiger partial charge is 0.418 e. The monoisotopic (exact) mass is 323 g/mol. The van der Waals surface area contributed by atoms with Crippen LogP contribution in [-0.2, 0) is 6.18 Å². The lowest BCUT2D eigenvalue weighted by atomic mass is 10.2. The highest BCUT2D eigenvalue weighted by molar-refractivity contribution is 6.30. The highest BCUT2D eigenvalue weighted by Crippen LogP contribution is 2.29. The van der Waals surface area contributed by atoms with Crippen LogP contribution in [0.4, 0.5) is 17.6 Å². The van der Waals surface area contributed by atoms with Crippen molar-refractivity contribution >= 4 is 11.6 Å². The number of alkyl halides is 3. The van der Waals surface area contributed by atoms with Crippen LogP contribution in [0.25, 0.3) is 5.82 Å². The minimum absolute atomic E-state index is 0.331. The molecule has 0 saturated carbocycles. The second-order valence-corrected chi connectivity index (χ2v) is 4.43. The molecule has 0 fully saturated rings. The number of aromatic amines is 1. The van der Waals surface area contributed by atoms with E-state index in [1.807, 2.05) is 0 Å². The molecule has 0 aliphatic heterocycles. The molecule has 10 heteroatoms. The first kappa shape index (κ1) is 15.2. The third-order valence-electron chi connectivity index (χ3n) is 2.70. The zero-order valence-corrected chi connectivity index (χ0v) is 11.0. The third-order valence-corrected chi connectivity index (χ3v) is 2.98. The summed E-state index contributed by atoms with van der Waals surface area (Å²) in [5.41, 5.74) is -4.31. The number of H-pyrrole nitrogens is 1. The van der Waals surface area contributed by atoms with Gasteiger partial charge in [-0.1, -0.05) is 11.6 Å². The van der Waals surface area contributed by atoms with Crippen LogP contribution in [0.1, 0.15) is 11.1 Å². The van der Waals surface area contributed by atoms with Gasteiger partial charge in [-0.2, -0.15) is 27.3 Å². The first-order valence-corrected chi connectivity index (χ1v) is 5.75. The van der Waals surface area contributed by atoms with E-state index in [2.05, 4.69) is 10.1 Å². The molecule has 0 aromatic carbocycles. The third kappa shape index (κ3) is 2.56. The van der Waals surface area contributed by atoms with Gasteiger partial charge in [0.1, 0.15) is 5.02 Å². The van der Waals surface area contributed by atoms with E-state index in [0.29, 0.717) is 10.9 Å². The van der Waals surface area contributed by atoms with Crippen molar-refractivity contribution in [1.29, 1.82) is 0 Å². The average Bonchev–Trinajstić information content (AvgIpc) is 2.39. The second kappa shape index (κ2) is 4.99. The van der Waals surface area contributed by atoms with Crippen molar-refractivity contribution in [2.75, 3.05) is 0 Å². The molecule has 0 aliphatic carbocycles. The number of hydrogen-bond donors (Lipinski definition) is 1. The van der Waals surface area contributed by atoms with Crippen LogP contribution in [-0.4, -0.2) is 14.8 Å². The Morgan fingerprint density at radius 1 is 1.33 bits per heavy atom. The molecule has 112 valence electrons. The number of nitrogens with one attached hydrogen (secondary N) is 1. The standard InChI is InChI=1S/C11H6ClF4N3O2/c1-4-5(11(14,15)16)2-18-19(10(4)21)9-7(13)8(20)6(12)3-17-9/h2-3H,1H3,(H,17,20). The Bertz CT molecular complexity index is 826. The normalized spacial score (nSPS) is 11.7. The molecule has 0 aliphatic rings. The molecule has 5 nitrogen and oxygen atoms in total. The number of nitrogens with zero attached hydrogens (tertiary/aromatic N) is 2. The Morgan fingerprint density at radius 3 is 2.52 bits per heavy atom. The number of halogens is 5. The van der Waals surface area contributed by atoms with Gasteiger partial charge in [-0.05, 0) is 6.92 Å². The van der Waals surface area contributed by atoms with E-state index in [1.54, 1.807) is 0 Å². The van der Waals surface area contributed by atoms with Crippen LogP contribution < -0.4 is 11.0 Å². The number of rotatable bonds is 1. The van der Waals surface area contributed by atoms with Gasteiger partial charge in [0.05, 0.1) is 11.8 Å². The first-order valence-electron chi connectivity index (χ1n) is 5.37. The van der Waals surface area contributed by atoms with Gasteiger partial charge in [-0.3, -0.25) is 9.59 Å². The van der Waals surface area contributed by atoms with E-state index in [9.17, 15) is 27.2 Å². The predicted molar refractivity (Wildman–Crippen MR) is 65.2 cm³/mol. The number of aromatic nitrogens is 3. The van der Waals surface area contributed by atoms with E-state index in [4.69, 9.17) is 11.6 Å². The Balaban J connectivity index is 2.74. The molecule has 2 rings (SSSR count). The summed E-state index contributed by atoms with van der Waals surface area (Å²) in [6, 6.07) is 0. The van der Waals surface area contributed by atoms with Gasteiger partial charge in [-0.25, -0.2) is 0 Å². The lowest BCUT2D eigenvalue weighted by Gasteiger charge is -2.11. The Hall–Kier alpha value is -2.16. The molecule has 0 bridgehead atoms. The highest BCUT2D eigenvalue weighted by atomic mass is 35.5. The van der Waals surface area contributed by atoms with E-state index >= 15 is 0 Å². The molecular weight excluding hydrogens is 318 g/mol. The van der Waals surface area contributed by atoms with Crippen molar-refractivity contribution in [3.8, 4) is 5.82 Å². The second-order valence-electron chi connectivity index (χ2n) is 4.03. The zero-order chi connectivity index (χ0) is 15.9. The zero-order valence-electron chi connectivity index (χ0n) is 10.3. The van der Waals surface area contributed by atoms with E-state index < -0.39 is 44.9 Å². The fraction of sp³-hybridized carbons (Fsp3) is 0.182. The van der Waals surface area contributed by atoms with Gasteiger partial charge < -0.3 is 4.98 Å². The van der Waals surface area contributed by atoms with Crippen molar-refractivity contribution in [2.24, 2.45) is 0 Å². The van der Waals surface area contributed by atoms with Gasteiger partial charge in [0.25, 0.3) is 5.56 Å². The molecule has 2 aromatic heterocycles. The SMILES string of the molecule is Cc1c(C(F)(F)F)cnn(-c2[nH]cc(Cl)c(=O)c2F)c1=O. The van der Waals surface area contributed by atoms with Gasteiger partial charge in [0.2, 0.25) is 11.2 Å². The maximum absolute atomic E-state index is 13.7. The maximum Gasteiger partial charge on any atom is 0.418 e. The molecule has 21 heavy (non-hydrogen) atoms. The molecule has 2 aromatic rings. The Kier molecular flexibility index (Phi) is 3.62. The molecular formula is C11H6ClF4N3O2. The Morgan fingerprint density at radius 2 is 1.95 bits per heavy atom. The van der Waals surface area contributed by atoms with Crippen molar-refractivity contribution < 1.29 is 17.6 Å². The topological polar surface area (TPSA) is 67.8 Å². The lowest BCUT2D eigenvalue weighted by Crippen LogP contribution is -2.30. The molecule has 1 N–H and O–H groups in total. The smallest absolute Gasteiger partial charge is 0.342 e. The van der Waals surface area contributed by atoms with Crippen LogP contribution in [0.15, 0.2) is 22.0 Å². The molecule has 0 amide bonds. The number of hydrogen-bond acceptors (Lipinski definition) is 3. The quantitative estimate of drug-likeness (QED) is 0.817. The summed E-state index contributed by atoms with van der Waals surface area (Å²) >= 11 is 5.39. The molecule has 0 saturated heterocycles. The summed E-state index contributed by atoms with van der Waals surface area (Å²) in [6.07, 6.45) is -3.48. The number of pyridine rings is 1. The first-order chi connectivity index (χ1) is 9.64. The molecule has 0 atom stereocenters. The summed E-state index contributed by atoms with van der Waals surface area (Å²) in [7, 11) is 0. The lowest BCUT2D eigenvalue weighted by molar-refractivity contribution is -0.138. The van der Waals surface area contributed by atoms with Crippen LogP contribution >= 0.6 is 11.6 Å². The van der Waals surface area contributed by atoms with E-state index in [-0.39, 0.29) is 0 Å². The van der Waals surface area contributed by atoms with Gasteiger partial charge in [0.15, 0.2) is 5.82 Å². The van der Waals surface area contributed by atoms with Crippen LogP contribution in [0.2, 0.25) is 5.02 Å².